The summed E-state index contributed by atoms with van der Waals surface area (Å²) in [6, 6.07) is 7.02. The Bertz CT molecular complexity index is 758. The summed E-state index contributed by atoms with van der Waals surface area (Å²) in [6.45, 7) is 2.11. The molecule has 0 spiro atoms. The Labute approximate surface area is 113 Å². The van der Waals surface area contributed by atoms with Crippen molar-refractivity contribution in [3.63, 3.8) is 0 Å². The highest BCUT2D eigenvalue weighted by Gasteiger charge is 2.12. The Hall–Kier alpha value is -2.14. The van der Waals surface area contributed by atoms with Crippen molar-refractivity contribution < 1.29 is 9.90 Å². The largest absolute Gasteiger partial charge is 0.478 e. The number of aryl methyl sites for hydroxylation is 1. The van der Waals surface area contributed by atoms with Crippen molar-refractivity contribution in [2.45, 2.75) is 13.3 Å². The third-order valence-corrected chi connectivity index (χ3v) is 4.03. The maximum atomic E-state index is 10.9. The molecule has 0 aliphatic carbocycles. The van der Waals surface area contributed by atoms with Gasteiger partial charge in [-0.05, 0) is 41.6 Å². The van der Waals surface area contributed by atoms with Crippen LogP contribution in [-0.2, 0) is 6.42 Å². The van der Waals surface area contributed by atoms with Crippen molar-refractivity contribution in [2.24, 2.45) is 0 Å². The number of fused-ring (bicyclic) bond motifs is 1. The van der Waals surface area contributed by atoms with Crippen LogP contribution in [0.5, 0.6) is 0 Å². The molecule has 0 aliphatic heterocycles. The summed E-state index contributed by atoms with van der Waals surface area (Å²) in [5.74, 6) is -0.118. The van der Waals surface area contributed by atoms with E-state index in [1.165, 1.54) is 5.56 Å². The standard InChI is InChI=1S/C14H12N2O2S/c1-2-8-5-6-19-12(8)13-15-10-4-3-9(14(17)18)7-11(10)16-13/h3-7H,2H2,1H3,(H,15,16)(H,17,18). The number of imidazole rings is 1. The zero-order valence-electron chi connectivity index (χ0n) is 10.3. The van der Waals surface area contributed by atoms with Gasteiger partial charge in [0, 0.05) is 0 Å². The maximum Gasteiger partial charge on any atom is 0.335 e. The van der Waals surface area contributed by atoms with E-state index in [0.29, 0.717) is 0 Å². The lowest BCUT2D eigenvalue weighted by Crippen LogP contribution is -1.94. The molecule has 0 amide bonds. The van der Waals surface area contributed by atoms with Gasteiger partial charge in [0.1, 0.15) is 5.82 Å². The van der Waals surface area contributed by atoms with Crippen molar-refractivity contribution in [1.29, 1.82) is 0 Å². The third kappa shape index (κ3) is 2.02. The van der Waals surface area contributed by atoms with E-state index >= 15 is 0 Å². The molecule has 96 valence electrons. The highest BCUT2D eigenvalue weighted by molar-refractivity contribution is 7.13. The predicted octanol–water partition coefficient (Wildman–Crippen LogP) is 3.55. The van der Waals surface area contributed by atoms with Crippen LogP contribution in [-0.4, -0.2) is 21.0 Å². The SMILES string of the molecule is CCc1ccsc1-c1nc2ccc(C(=O)O)cc2[nH]1. The molecule has 0 atom stereocenters. The van der Waals surface area contributed by atoms with E-state index in [-0.39, 0.29) is 5.56 Å². The third-order valence-electron chi connectivity index (χ3n) is 3.07. The second-order valence-electron chi connectivity index (χ2n) is 4.25. The number of carboxylic acids is 1. The van der Waals surface area contributed by atoms with E-state index in [2.05, 4.69) is 23.0 Å². The van der Waals surface area contributed by atoms with Gasteiger partial charge < -0.3 is 10.1 Å². The summed E-state index contributed by atoms with van der Waals surface area (Å²) in [4.78, 5) is 19.8. The van der Waals surface area contributed by atoms with Crippen LogP contribution in [0, 0.1) is 0 Å². The molecule has 0 fully saturated rings. The fraction of sp³-hybridized carbons (Fsp3) is 0.143. The Morgan fingerprint density at radius 2 is 2.26 bits per heavy atom. The highest BCUT2D eigenvalue weighted by atomic mass is 32.1. The number of carboxylic acid groups (broad SMARTS) is 1. The molecule has 3 aromatic rings. The van der Waals surface area contributed by atoms with Gasteiger partial charge in [0.2, 0.25) is 0 Å². The highest BCUT2D eigenvalue weighted by Crippen LogP contribution is 2.29. The van der Waals surface area contributed by atoms with Crippen LogP contribution < -0.4 is 0 Å². The number of nitrogens with zero attached hydrogens (tertiary/aromatic N) is 1. The average molecular weight is 272 g/mol. The monoisotopic (exact) mass is 272 g/mol. The number of H-pyrrole nitrogens is 1. The number of nitrogens with one attached hydrogen (secondary N) is 1. The molecule has 3 rings (SSSR count). The van der Waals surface area contributed by atoms with Crippen molar-refractivity contribution in [3.8, 4) is 10.7 Å². The van der Waals surface area contributed by atoms with E-state index < -0.39 is 5.97 Å². The molecule has 2 heterocycles. The molecular formula is C14H12N2O2S. The number of aromatic amines is 1. The quantitative estimate of drug-likeness (QED) is 0.766. The normalized spacial score (nSPS) is 11.0. The Morgan fingerprint density at radius 1 is 1.42 bits per heavy atom. The molecule has 0 bridgehead atoms. The Kier molecular flexibility index (Phi) is 2.83. The lowest BCUT2D eigenvalue weighted by molar-refractivity contribution is 0.0697. The predicted molar refractivity (Wildman–Crippen MR) is 75.7 cm³/mol. The van der Waals surface area contributed by atoms with Gasteiger partial charge in [-0.1, -0.05) is 6.92 Å². The molecule has 4 nitrogen and oxygen atoms in total. The van der Waals surface area contributed by atoms with Gasteiger partial charge in [0.05, 0.1) is 21.5 Å². The molecule has 0 aliphatic rings. The van der Waals surface area contributed by atoms with Crippen LogP contribution in [0.2, 0.25) is 0 Å². The van der Waals surface area contributed by atoms with Crippen LogP contribution >= 0.6 is 11.3 Å². The fourth-order valence-electron chi connectivity index (χ4n) is 2.07. The summed E-state index contributed by atoms with van der Waals surface area (Å²) in [7, 11) is 0. The van der Waals surface area contributed by atoms with E-state index in [1.54, 1.807) is 29.5 Å². The van der Waals surface area contributed by atoms with Crippen molar-refractivity contribution >= 4 is 28.3 Å². The first-order valence-corrected chi connectivity index (χ1v) is 6.87. The van der Waals surface area contributed by atoms with Crippen molar-refractivity contribution in [1.82, 2.24) is 9.97 Å². The zero-order chi connectivity index (χ0) is 13.4. The minimum atomic E-state index is -0.927. The smallest absolute Gasteiger partial charge is 0.335 e. The van der Waals surface area contributed by atoms with Gasteiger partial charge in [-0.25, -0.2) is 9.78 Å². The lowest BCUT2D eigenvalue weighted by atomic mass is 10.2. The molecule has 2 aromatic heterocycles. The van der Waals surface area contributed by atoms with E-state index in [9.17, 15) is 4.79 Å². The molecule has 2 N–H and O–H groups in total. The number of thiophene rings is 1. The molecule has 0 saturated heterocycles. The van der Waals surface area contributed by atoms with Gasteiger partial charge in [-0.2, -0.15) is 0 Å². The summed E-state index contributed by atoms with van der Waals surface area (Å²) < 4.78 is 0. The van der Waals surface area contributed by atoms with E-state index in [0.717, 1.165) is 28.2 Å². The first-order valence-electron chi connectivity index (χ1n) is 5.99. The molecule has 1 aromatic carbocycles. The molecule has 0 radical (unpaired) electrons. The first-order chi connectivity index (χ1) is 9.19. The van der Waals surface area contributed by atoms with Gasteiger partial charge in [-0.15, -0.1) is 11.3 Å². The van der Waals surface area contributed by atoms with E-state index in [4.69, 9.17) is 5.11 Å². The summed E-state index contributed by atoms with van der Waals surface area (Å²) >= 11 is 1.64. The lowest BCUT2D eigenvalue weighted by Gasteiger charge is -1.95. The maximum absolute atomic E-state index is 10.9. The summed E-state index contributed by atoms with van der Waals surface area (Å²) in [5, 5.41) is 11.0. The number of carbonyl (C=O) groups is 1. The zero-order valence-corrected chi connectivity index (χ0v) is 11.1. The van der Waals surface area contributed by atoms with Crippen LogP contribution in [0.3, 0.4) is 0 Å². The van der Waals surface area contributed by atoms with Crippen molar-refractivity contribution in [3.05, 3.63) is 40.8 Å². The first kappa shape index (κ1) is 11.9. The second kappa shape index (κ2) is 4.51. The number of aromatic nitrogens is 2. The number of aromatic carboxylic acids is 1. The van der Waals surface area contributed by atoms with Gasteiger partial charge in [0.25, 0.3) is 0 Å². The van der Waals surface area contributed by atoms with Crippen LogP contribution in [0.1, 0.15) is 22.8 Å². The summed E-state index contributed by atoms with van der Waals surface area (Å²) in [5.41, 5.74) is 3.06. The van der Waals surface area contributed by atoms with Gasteiger partial charge in [-0.3, -0.25) is 0 Å². The molecule has 0 unspecified atom stereocenters. The Balaban J connectivity index is 2.14. The number of hydrogen-bond donors (Lipinski definition) is 2. The van der Waals surface area contributed by atoms with Crippen molar-refractivity contribution in [2.75, 3.05) is 0 Å². The number of hydrogen-bond acceptors (Lipinski definition) is 3. The average Bonchev–Trinajstić information content (AvgIpc) is 3.03. The summed E-state index contributed by atoms with van der Waals surface area (Å²) in [6.07, 6.45) is 0.955. The fourth-order valence-corrected chi connectivity index (χ4v) is 3.01. The minimum Gasteiger partial charge on any atom is -0.478 e. The molecular weight excluding hydrogens is 260 g/mol. The van der Waals surface area contributed by atoms with E-state index in [1.807, 2.05) is 5.38 Å². The van der Waals surface area contributed by atoms with Gasteiger partial charge >= 0.3 is 5.97 Å². The van der Waals surface area contributed by atoms with Crippen LogP contribution in [0.25, 0.3) is 21.7 Å². The topological polar surface area (TPSA) is 66.0 Å². The van der Waals surface area contributed by atoms with Gasteiger partial charge in [0.15, 0.2) is 0 Å². The Morgan fingerprint density at radius 3 is 3.00 bits per heavy atom. The number of rotatable bonds is 3. The molecule has 5 heteroatoms. The second-order valence-corrected chi connectivity index (χ2v) is 5.17. The number of benzene rings is 1. The van der Waals surface area contributed by atoms with Crippen LogP contribution in [0.4, 0.5) is 0 Å². The molecule has 0 saturated carbocycles. The van der Waals surface area contributed by atoms with Crippen LogP contribution in [0.15, 0.2) is 29.6 Å². The molecule has 19 heavy (non-hydrogen) atoms. The minimum absolute atomic E-state index is 0.268.